The normalized spacial score (nSPS) is 28.0. The maximum atomic E-state index is 12.4. The zero-order valence-corrected chi connectivity index (χ0v) is 12.5. The first-order valence-corrected chi connectivity index (χ1v) is 8.64. The Morgan fingerprint density at radius 2 is 1.94 bits per heavy atom. The van der Waals surface area contributed by atoms with E-state index in [1.807, 2.05) is 0 Å². The molecule has 1 aliphatic carbocycles. The molecule has 0 bridgehead atoms. The van der Waals surface area contributed by atoms with Gasteiger partial charge in [0.25, 0.3) is 0 Å². The Morgan fingerprint density at radius 1 is 1.24 bits per heavy atom. The molecule has 0 aromatic rings. The quantitative estimate of drug-likeness (QED) is 0.743. The Morgan fingerprint density at radius 3 is 2.59 bits per heavy atom. The average Bonchev–Trinajstić information content (AvgIpc) is 2.52. The van der Waals surface area contributed by atoms with Crippen molar-refractivity contribution < 1.29 is 4.21 Å². The molecule has 3 heteroatoms. The van der Waals surface area contributed by atoms with Gasteiger partial charge in [-0.25, -0.2) is 0 Å². The van der Waals surface area contributed by atoms with E-state index < -0.39 is 10.8 Å². The third-order valence-corrected chi connectivity index (χ3v) is 5.53. The van der Waals surface area contributed by atoms with Crippen molar-refractivity contribution in [2.24, 2.45) is 5.92 Å². The first-order valence-electron chi connectivity index (χ1n) is 7.25. The summed E-state index contributed by atoms with van der Waals surface area (Å²) in [7, 11) is -0.632. The second-order valence-corrected chi connectivity index (χ2v) is 7.38. The lowest BCUT2D eigenvalue weighted by Crippen LogP contribution is -2.42. The van der Waals surface area contributed by atoms with Crippen LogP contribution < -0.4 is 5.32 Å². The highest BCUT2D eigenvalue weighted by Gasteiger charge is 2.27. The molecule has 2 nitrogen and oxygen atoms in total. The molecule has 3 unspecified atom stereocenters. The predicted octanol–water partition coefficient (Wildman–Crippen LogP) is 3.09. The maximum absolute atomic E-state index is 12.4. The van der Waals surface area contributed by atoms with Gasteiger partial charge in [-0.05, 0) is 31.7 Å². The first kappa shape index (κ1) is 15.2. The number of hydrogen-bond donors (Lipinski definition) is 1. The lowest BCUT2D eigenvalue weighted by molar-refractivity contribution is 0.473. The van der Waals surface area contributed by atoms with E-state index in [-0.39, 0.29) is 0 Å². The van der Waals surface area contributed by atoms with Gasteiger partial charge in [0.1, 0.15) is 0 Å². The van der Waals surface area contributed by atoms with E-state index in [9.17, 15) is 4.21 Å². The van der Waals surface area contributed by atoms with Crippen molar-refractivity contribution in [1.29, 1.82) is 0 Å². The molecule has 0 radical (unpaired) electrons. The molecular weight excluding hydrogens is 230 g/mol. The highest BCUT2D eigenvalue weighted by Crippen LogP contribution is 2.23. The van der Waals surface area contributed by atoms with E-state index in [0.29, 0.717) is 17.2 Å². The smallest absolute Gasteiger partial charge is 0.0501 e. The molecule has 1 aliphatic rings. The summed E-state index contributed by atoms with van der Waals surface area (Å²) in [6, 6.07) is 0.496. The van der Waals surface area contributed by atoms with Crippen LogP contribution in [0.25, 0.3) is 0 Å². The Kier molecular flexibility index (Phi) is 7.36. The summed E-state index contributed by atoms with van der Waals surface area (Å²) >= 11 is 0. The van der Waals surface area contributed by atoms with Gasteiger partial charge in [-0.15, -0.1) is 0 Å². The SMILES string of the molecule is CCNC1CCCCCC1S(=O)CCC(C)C. The zero-order chi connectivity index (χ0) is 12.7. The van der Waals surface area contributed by atoms with Crippen LogP contribution in [0.15, 0.2) is 0 Å². The van der Waals surface area contributed by atoms with Crippen LogP contribution in [0.4, 0.5) is 0 Å². The summed E-state index contributed by atoms with van der Waals surface area (Å²) in [5.41, 5.74) is 0. The number of hydrogen-bond acceptors (Lipinski definition) is 2. The summed E-state index contributed by atoms with van der Waals surface area (Å²) in [5, 5.41) is 3.95. The van der Waals surface area contributed by atoms with Crippen LogP contribution in [-0.2, 0) is 10.8 Å². The standard InChI is InChI=1S/C14H29NOS/c1-4-15-13-8-6-5-7-9-14(13)17(16)11-10-12(2)3/h12-15H,4-11H2,1-3H3. The second-order valence-electron chi connectivity index (χ2n) is 5.61. The number of rotatable bonds is 6. The summed E-state index contributed by atoms with van der Waals surface area (Å²) in [6.45, 7) is 7.58. The summed E-state index contributed by atoms with van der Waals surface area (Å²) in [4.78, 5) is 0. The molecule has 0 amide bonds. The van der Waals surface area contributed by atoms with Gasteiger partial charge in [-0.1, -0.05) is 40.0 Å². The predicted molar refractivity (Wildman–Crippen MR) is 76.8 cm³/mol. The van der Waals surface area contributed by atoms with Crippen LogP contribution in [0.2, 0.25) is 0 Å². The Bertz CT molecular complexity index is 230. The average molecular weight is 259 g/mol. The van der Waals surface area contributed by atoms with E-state index >= 15 is 0 Å². The molecule has 102 valence electrons. The molecule has 0 saturated heterocycles. The molecule has 0 heterocycles. The minimum absolute atomic E-state index is 0.399. The molecule has 0 spiro atoms. The first-order chi connectivity index (χ1) is 8.15. The van der Waals surface area contributed by atoms with Gasteiger partial charge >= 0.3 is 0 Å². The van der Waals surface area contributed by atoms with Crippen molar-refractivity contribution in [3.8, 4) is 0 Å². The molecule has 1 N–H and O–H groups in total. The third-order valence-electron chi connectivity index (χ3n) is 3.65. The largest absolute Gasteiger partial charge is 0.313 e. The van der Waals surface area contributed by atoms with Crippen LogP contribution in [0.5, 0.6) is 0 Å². The molecule has 17 heavy (non-hydrogen) atoms. The van der Waals surface area contributed by atoms with Crippen LogP contribution >= 0.6 is 0 Å². The lowest BCUT2D eigenvalue weighted by atomic mass is 10.1. The van der Waals surface area contributed by atoms with Crippen LogP contribution in [-0.4, -0.2) is 27.8 Å². The van der Waals surface area contributed by atoms with Crippen molar-refractivity contribution in [3.05, 3.63) is 0 Å². The van der Waals surface area contributed by atoms with Gasteiger partial charge in [-0.3, -0.25) is 4.21 Å². The molecule has 0 aromatic carbocycles. The van der Waals surface area contributed by atoms with Gasteiger partial charge < -0.3 is 5.32 Å². The highest BCUT2D eigenvalue weighted by atomic mass is 32.2. The summed E-state index contributed by atoms with van der Waals surface area (Å²) in [5.74, 6) is 1.56. The van der Waals surface area contributed by atoms with Crippen molar-refractivity contribution in [2.45, 2.75) is 70.6 Å². The molecule has 1 fully saturated rings. The minimum Gasteiger partial charge on any atom is -0.313 e. The van der Waals surface area contributed by atoms with Crippen LogP contribution in [0.1, 0.15) is 59.3 Å². The molecule has 3 atom stereocenters. The van der Waals surface area contributed by atoms with Crippen molar-refractivity contribution in [1.82, 2.24) is 5.32 Å². The third kappa shape index (κ3) is 5.52. The highest BCUT2D eigenvalue weighted by molar-refractivity contribution is 7.85. The van der Waals surface area contributed by atoms with Crippen molar-refractivity contribution in [2.75, 3.05) is 12.3 Å². The minimum atomic E-state index is -0.632. The Hall–Kier alpha value is 0.110. The Labute approximate surface area is 109 Å². The topological polar surface area (TPSA) is 29.1 Å². The summed E-state index contributed by atoms with van der Waals surface area (Å²) in [6.07, 6.45) is 7.35. The second kappa shape index (κ2) is 8.25. The van der Waals surface area contributed by atoms with Gasteiger partial charge in [0.15, 0.2) is 0 Å². The van der Waals surface area contributed by atoms with Gasteiger partial charge in [0, 0.05) is 22.6 Å². The van der Waals surface area contributed by atoms with E-state index in [1.54, 1.807) is 0 Å². The monoisotopic (exact) mass is 259 g/mol. The lowest BCUT2D eigenvalue weighted by Gasteiger charge is -2.25. The van der Waals surface area contributed by atoms with Gasteiger partial charge in [0.05, 0.1) is 5.25 Å². The van der Waals surface area contributed by atoms with Gasteiger partial charge in [0.2, 0.25) is 0 Å². The van der Waals surface area contributed by atoms with E-state index in [2.05, 4.69) is 26.1 Å². The maximum Gasteiger partial charge on any atom is 0.0501 e. The molecule has 0 aromatic heterocycles. The van der Waals surface area contributed by atoms with Crippen LogP contribution in [0.3, 0.4) is 0 Å². The molecular formula is C14H29NOS. The van der Waals surface area contributed by atoms with E-state index in [4.69, 9.17) is 0 Å². The fraction of sp³-hybridized carbons (Fsp3) is 1.00. The fourth-order valence-electron chi connectivity index (χ4n) is 2.59. The van der Waals surface area contributed by atoms with Crippen molar-refractivity contribution in [3.63, 3.8) is 0 Å². The Balaban J connectivity index is 2.52. The molecule has 1 rings (SSSR count). The fourth-order valence-corrected chi connectivity index (χ4v) is 4.62. The van der Waals surface area contributed by atoms with Crippen LogP contribution in [0, 0.1) is 5.92 Å². The molecule has 1 saturated carbocycles. The van der Waals surface area contributed by atoms with E-state index in [0.717, 1.165) is 25.1 Å². The zero-order valence-electron chi connectivity index (χ0n) is 11.7. The van der Waals surface area contributed by atoms with Crippen molar-refractivity contribution >= 4 is 10.8 Å². The summed E-state index contributed by atoms with van der Waals surface area (Å²) < 4.78 is 12.4. The molecule has 0 aliphatic heterocycles. The number of nitrogens with one attached hydrogen (secondary N) is 1. The van der Waals surface area contributed by atoms with E-state index in [1.165, 1.54) is 25.7 Å². The van der Waals surface area contributed by atoms with Gasteiger partial charge in [-0.2, -0.15) is 0 Å².